The van der Waals surface area contributed by atoms with Crippen LogP contribution in [0.15, 0.2) is 66.7 Å². The van der Waals surface area contributed by atoms with Gasteiger partial charge in [-0.1, -0.05) is 36.9 Å². The summed E-state index contributed by atoms with van der Waals surface area (Å²) >= 11 is 0. The van der Waals surface area contributed by atoms with E-state index >= 15 is 0 Å². The highest BCUT2D eigenvalue weighted by atomic mass is 16.6. The summed E-state index contributed by atoms with van der Waals surface area (Å²) in [7, 11) is 1.49. The van der Waals surface area contributed by atoms with E-state index < -0.39 is 41.8 Å². The molecule has 1 atom stereocenters. The maximum absolute atomic E-state index is 13.7. The molecule has 0 unspecified atom stereocenters. The van der Waals surface area contributed by atoms with Crippen LogP contribution in [-0.4, -0.2) is 54.0 Å². The topological polar surface area (TPSA) is 99.2 Å². The molecule has 192 valence electrons. The fourth-order valence-corrected chi connectivity index (χ4v) is 3.37. The maximum Gasteiger partial charge on any atom is 0.330 e. The average Bonchev–Trinajstić information content (AvgIpc) is 2.83. The highest BCUT2D eigenvalue weighted by Crippen LogP contribution is 2.22. The van der Waals surface area contributed by atoms with Crippen molar-refractivity contribution in [2.24, 2.45) is 0 Å². The fraction of sp³-hybridized carbons (Fsp3) is 0.357. The summed E-state index contributed by atoms with van der Waals surface area (Å²) < 4.78 is 15.7. The third-order valence-electron chi connectivity index (χ3n) is 5.00. The third kappa shape index (κ3) is 8.08. The highest BCUT2D eigenvalue weighted by molar-refractivity contribution is 6.13. The Hall–Kier alpha value is -3.94. The van der Waals surface area contributed by atoms with Gasteiger partial charge in [-0.15, -0.1) is 0 Å². The van der Waals surface area contributed by atoms with Crippen molar-refractivity contribution >= 4 is 23.8 Å². The van der Waals surface area contributed by atoms with Gasteiger partial charge in [0, 0.05) is 17.6 Å². The Morgan fingerprint density at radius 3 is 2.11 bits per heavy atom. The lowest BCUT2D eigenvalue weighted by Gasteiger charge is -2.32. The second kappa shape index (κ2) is 12.7. The van der Waals surface area contributed by atoms with Crippen LogP contribution < -0.4 is 4.74 Å². The largest absolute Gasteiger partial charge is 0.497 e. The van der Waals surface area contributed by atoms with Crippen molar-refractivity contribution in [3.05, 3.63) is 77.9 Å². The quantitative estimate of drug-likeness (QED) is 0.361. The molecule has 2 aromatic carbocycles. The van der Waals surface area contributed by atoms with Gasteiger partial charge >= 0.3 is 11.9 Å². The molecule has 0 radical (unpaired) electrons. The van der Waals surface area contributed by atoms with Gasteiger partial charge in [0.05, 0.1) is 20.1 Å². The van der Waals surface area contributed by atoms with E-state index in [1.807, 2.05) is 6.07 Å². The van der Waals surface area contributed by atoms with Crippen molar-refractivity contribution in [3.63, 3.8) is 0 Å². The van der Waals surface area contributed by atoms with E-state index in [-0.39, 0.29) is 24.2 Å². The van der Waals surface area contributed by atoms with Crippen molar-refractivity contribution in [2.75, 3.05) is 13.7 Å². The van der Waals surface area contributed by atoms with Gasteiger partial charge in [-0.05, 0) is 57.5 Å². The normalized spacial score (nSPS) is 11.7. The van der Waals surface area contributed by atoms with E-state index in [2.05, 4.69) is 6.58 Å². The first-order valence-electron chi connectivity index (χ1n) is 11.6. The van der Waals surface area contributed by atoms with Crippen LogP contribution >= 0.6 is 0 Å². The molecule has 0 bridgehead atoms. The third-order valence-corrected chi connectivity index (χ3v) is 5.00. The van der Waals surface area contributed by atoms with Crippen molar-refractivity contribution in [1.82, 2.24) is 4.90 Å². The summed E-state index contributed by atoms with van der Waals surface area (Å²) in [5.74, 6) is -2.51. The molecule has 0 saturated heterocycles. The van der Waals surface area contributed by atoms with Gasteiger partial charge in [0.25, 0.3) is 11.8 Å². The average molecular weight is 496 g/mol. The summed E-state index contributed by atoms with van der Waals surface area (Å²) in [4.78, 5) is 53.5. The molecule has 0 N–H and O–H groups in total. The van der Waals surface area contributed by atoms with Gasteiger partial charge in [0.1, 0.15) is 17.4 Å². The Bertz CT molecular complexity index is 1090. The van der Waals surface area contributed by atoms with Crippen LogP contribution in [0.25, 0.3) is 0 Å². The zero-order chi connectivity index (χ0) is 26.9. The zero-order valence-corrected chi connectivity index (χ0v) is 21.4. The molecule has 0 aliphatic rings. The van der Waals surface area contributed by atoms with E-state index in [4.69, 9.17) is 14.2 Å². The minimum Gasteiger partial charge on any atom is -0.497 e. The SMILES string of the molecule is C=C(CC(=O)OCC)C(=O)N(C(=O)c1ccc(OC)cc1)[C@@H](Cc1ccccc1)C(=O)OC(C)(C)C. The van der Waals surface area contributed by atoms with Crippen LogP contribution in [-0.2, 0) is 30.3 Å². The minimum atomic E-state index is -1.31. The molecule has 8 heteroatoms. The van der Waals surface area contributed by atoms with Crippen LogP contribution in [0.4, 0.5) is 0 Å². The number of esters is 2. The highest BCUT2D eigenvalue weighted by Gasteiger charge is 2.39. The molecular formula is C28H33NO7. The van der Waals surface area contributed by atoms with Gasteiger partial charge < -0.3 is 14.2 Å². The van der Waals surface area contributed by atoms with Crippen molar-refractivity contribution in [1.29, 1.82) is 0 Å². The van der Waals surface area contributed by atoms with E-state index in [9.17, 15) is 19.2 Å². The first-order valence-corrected chi connectivity index (χ1v) is 11.6. The Morgan fingerprint density at radius 2 is 1.58 bits per heavy atom. The predicted octanol–water partition coefficient (Wildman–Crippen LogP) is 4.13. The predicted molar refractivity (Wildman–Crippen MR) is 134 cm³/mol. The molecule has 0 aliphatic heterocycles. The van der Waals surface area contributed by atoms with E-state index in [1.165, 1.54) is 19.2 Å². The van der Waals surface area contributed by atoms with Gasteiger partial charge in [-0.25, -0.2) is 4.79 Å². The molecule has 2 amide bonds. The Balaban J connectivity index is 2.56. The summed E-state index contributed by atoms with van der Waals surface area (Å²) in [5, 5.41) is 0. The number of amides is 2. The summed E-state index contributed by atoms with van der Waals surface area (Å²) in [5.41, 5.74) is -0.192. The van der Waals surface area contributed by atoms with E-state index in [1.54, 1.807) is 64.1 Å². The van der Waals surface area contributed by atoms with E-state index in [0.29, 0.717) is 11.3 Å². The van der Waals surface area contributed by atoms with Crippen molar-refractivity contribution in [3.8, 4) is 5.75 Å². The molecule has 0 spiro atoms. The second-order valence-corrected chi connectivity index (χ2v) is 9.03. The maximum atomic E-state index is 13.7. The molecule has 0 aromatic heterocycles. The molecule has 36 heavy (non-hydrogen) atoms. The van der Waals surface area contributed by atoms with Crippen LogP contribution in [0, 0.1) is 0 Å². The zero-order valence-electron chi connectivity index (χ0n) is 21.4. The molecule has 2 rings (SSSR count). The first-order chi connectivity index (χ1) is 17.0. The number of methoxy groups -OCH3 is 1. The lowest BCUT2D eigenvalue weighted by Crippen LogP contribution is -2.52. The number of nitrogens with zero attached hydrogens (tertiary/aromatic N) is 1. The first kappa shape index (κ1) is 28.3. The molecule has 0 aliphatic carbocycles. The van der Waals surface area contributed by atoms with Crippen LogP contribution in [0.1, 0.15) is 50.0 Å². The van der Waals surface area contributed by atoms with E-state index in [0.717, 1.165) is 4.90 Å². The van der Waals surface area contributed by atoms with Gasteiger partial charge in [-0.2, -0.15) is 0 Å². The number of ether oxygens (including phenoxy) is 3. The number of hydrogen-bond donors (Lipinski definition) is 0. The second-order valence-electron chi connectivity index (χ2n) is 9.03. The molecule has 2 aromatic rings. The monoisotopic (exact) mass is 495 g/mol. The Labute approximate surface area is 211 Å². The standard InChI is InChI=1S/C28H33NO7/c1-7-35-24(30)17-19(2)25(31)29(26(32)21-13-15-22(34-6)16-14-21)23(27(33)36-28(3,4)5)18-20-11-9-8-10-12-20/h8-16,23H,2,7,17-18H2,1,3-6H3/t23-/m0/s1. The van der Waals surface area contributed by atoms with Gasteiger partial charge in [0.2, 0.25) is 0 Å². The van der Waals surface area contributed by atoms with Crippen LogP contribution in [0.3, 0.4) is 0 Å². The molecule has 0 fully saturated rings. The van der Waals surface area contributed by atoms with Crippen LogP contribution in [0.5, 0.6) is 5.75 Å². The summed E-state index contributed by atoms with van der Waals surface area (Å²) in [6, 6.07) is 13.8. The smallest absolute Gasteiger partial charge is 0.330 e. The summed E-state index contributed by atoms with van der Waals surface area (Å²) in [6.07, 6.45) is -0.415. The number of rotatable bonds is 10. The number of benzene rings is 2. The Kier molecular flexibility index (Phi) is 9.96. The molecule has 8 nitrogen and oxygen atoms in total. The lowest BCUT2D eigenvalue weighted by molar-refractivity contribution is -0.162. The van der Waals surface area contributed by atoms with Gasteiger partial charge in [0.15, 0.2) is 0 Å². The summed E-state index contributed by atoms with van der Waals surface area (Å²) in [6.45, 7) is 10.6. The fourth-order valence-electron chi connectivity index (χ4n) is 3.37. The number of carbonyl (C=O) groups excluding carboxylic acids is 4. The van der Waals surface area contributed by atoms with Gasteiger partial charge in [-0.3, -0.25) is 19.3 Å². The number of imide groups is 1. The number of carbonyl (C=O) groups is 4. The Morgan fingerprint density at radius 1 is 0.972 bits per heavy atom. The molecule has 0 heterocycles. The van der Waals surface area contributed by atoms with Crippen LogP contribution in [0.2, 0.25) is 0 Å². The molecular weight excluding hydrogens is 462 g/mol. The lowest BCUT2D eigenvalue weighted by atomic mass is 10.0. The molecule has 0 saturated carbocycles. The number of hydrogen-bond acceptors (Lipinski definition) is 7. The van der Waals surface area contributed by atoms with Crippen molar-refractivity contribution < 1.29 is 33.4 Å². The van der Waals surface area contributed by atoms with Crippen molar-refractivity contribution in [2.45, 2.75) is 52.2 Å². The minimum absolute atomic E-state index is 0.00999.